The highest BCUT2D eigenvalue weighted by Gasteiger charge is 2.28. The maximum Gasteiger partial charge on any atom is 0.296 e. The number of nitrogens with one attached hydrogen (secondary N) is 1. The minimum atomic E-state index is -0.480. The van der Waals surface area contributed by atoms with Gasteiger partial charge < -0.3 is 19.9 Å². The quantitative estimate of drug-likeness (QED) is 0.0639. The van der Waals surface area contributed by atoms with Crippen molar-refractivity contribution in [2.75, 3.05) is 37.0 Å². The molecule has 5 aromatic carbocycles. The molecule has 1 aliphatic rings. The van der Waals surface area contributed by atoms with Crippen molar-refractivity contribution >= 4 is 51.6 Å². The number of aryl methyl sites for hydroxylation is 3. The van der Waals surface area contributed by atoms with Crippen LogP contribution in [0.5, 0.6) is 5.75 Å². The molecule has 2 heterocycles. The maximum absolute atomic E-state index is 13.8. The Kier molecular flexibility index (Phi) is 12.6. The molecule has 2 amide bonds. The van der Waals surface area contributed by atoms with Gasteiger partial charge in [0.15, 0.2) is 5.69 Å². The molecule has 0 saturated heterocycles. The maximum atomic E-state index is 13.8. The third kappa shape index (κ3) is 9.49. The molecule has 61 heavy (non-hydrogen) atoms. The molecule has 1 aliphatic heterocycles. The van der Waals surface area contributed by atoms with Gasteiger partial charge in [0.2, 0.25) is 11.8 Å². The molecule has 0 fully saturated rings. The second-order valence-corrected chi connectivity index (χ2v) is 14.7. The summed E-state index contributed by atoms with van der Waals surface area (Å²) in [5.74, 6) is 0.204. The summed E-state index contributed by atoms with van der Waals surface area (Å²) < 4.78 is 7.31. The number of nitro groups is 1. The summed E-state index contributed by atoms with van der Waals surface area (Å²) in [5, 5.41) is 40.4. The highest BCUT2D eigenvalue weighted by atomic mass is 16.6. The first-order chi connectivity index (χ1) is 29.5. The molecule has 0 saturated carbocycles. The van der Waals surface area contributed by atoms with E-state index in [9.17, 15) is 19.7 Å². The molecule has 16 nitrogen and oxygen atoms in total. The van der Waals surface area contributed by atoms with E-state index < -0.39 is 4.92 Å². The number of azo groups is 2. The van der Waals surface area contributed by atoms with E-state index in [1.54, 1.807) is 40.8 Å². The third-order valence-electron chi connectivity index (χ3n) is 10.4. The second-order valence-electron chi connectivity index (χ2n) is 14.7. The highest BCUT2D eigenvalue weighted by molar-refractivity contribution is 6.00. The van der Waals surface area contributed by atoms with Crippen LogP contribution in [-0.4, -0.2) is 59.0 Å². The van der Waals surface area contributed by atoms with Crippen molar-refractivity contribution in [3.63, 3.8) is 0 Å². The van der Waals surface area contributed by atoms with Gasteiger partial charge in [-0.05, 0) is 79.4 Å². The van der Waals surface area contributed by atoms with Crippen molar-refractivity contribution in [3.05, 3.63) is 130 Å². The number of carbonyl (C=O) groups is 2. The van der Waals surface area contributed by atoms with Crippen LogP contribution in [0.1, 0.15) is 36.0 Å². The van der Waals surface area contributed by atoms with Crippen molar-refractivity contribution < 1.29 is 19.2 Å². The van der Waals surface area contributed by atoms with Gasteiger partial charge in [-0.2, -0.15) is 5.11 Å². The number of rotatable bonds is 14. The Morgan fingerprint density at radius 3 is 2.36 bits per heavy atom. The van der Waals surface area contributed by atoms with Crippen LogP contribution in [0.3, 0.4) is 0 Å². The lowest BCUT2D eigenvalue weighted by Gasteiger charge is -2.28. The summed E-state index contributed by atoms with van der Waals surface area (Å²) in [4.78, 5) is 41.5. The second kappa shape index (κ2) is 18.5. The Bertz CT molecular complexity index is 2660. The van der Waals surface area contributed by atoms with E-state index in [0.717, 1.165) is 50.6 Å². The molecule has 0 atom stereocenters. The SMILES string of the molecule is COc1cc(N=Nc2ccc(C)cc2[N+](=O)[O-])c(C)cc1N=Nc1ccc(N(C)CCCC(=O)NCCC(=O)N2Cc3ccccc3-c3c(nnn3C)-c3ccccc32)cc1. The summed E-state index contributed by atoms with van der Waals surface area (Å²) in [6, 6.07) is 31.5. The summed E-state index contributed by atoms with van der Waals surface area (Å²) in [7, 11) is 5.34. The Morgan fingerprint density at radius 2 is 1.59 bits per heavy atom. The molecule has 0 radical (unpaired) electrons. The molecule has 16 heteroatoms. The molecule has 310 valence electrons. The van der Waals surface area contributed by atoms with E-state index in [1.807, 2.05) is 93.8 Å². The van der Waals surface area contributed by atoms with Gasteiger partial charge in [-0.25, -0.2) is 4.68 Å². The molecule has 0 spiro atoms. The molecular formula is C45H45N11O5. The average Bonchev–Trinajstić information content (AvgIpc) is 3.64. The van der Waals surface area contributed by atoms with Gasteiger partial charge in [-0.15, -0.1) is 20.4 Å². The predicted molar refractivity (Wildman–Crippen MR) is 234 cm³/mol. The number of methoxy groups -OCH3 is 1. The molecule has 0 unspecified atom stereocenters. The lowest BCUT2D eigenvalue weighted by Crippen LogP contribution is -2.35. The van der Waals surface area contributed by atoms with Crippen LogP contribution in [0.2, 0.25) is 0 Å². The van der Waals surface area contributed by atoms with Crippen molar-refractivity contribution in [2.45, 2.75) is 39.7 Å². The lowest BCUT2D eigenvalue weighted by molar-refractivity contribution is -0.384. The van der Waals surface area contributed by atoms with Gasteiger partial charge in [0.05, 0.1) is 41.3 Å². The largest absolute Gasteiger partial charge is 0.494 e. The summed E-state index contributed by atoms with van der Waals surface area (Å²) in [6.45, 7) is 4.85. The fourth-order valence-corrected chi connectivity index (χ4v) is 7.12. The summed E-state index contributed by atoms with van der Waals surface area (Å²) in [6.07, 6.45) is 1.07. The van der Waals surface area contributed by atoms with Gasteiger partial charge >= 0.3 is 0 Å². The first-order valence-corrected chi connectivity index (χ1v) is 19.7. The van der Waals surface area contributed by atoms with Crippen LogP contribution in [0.25, 0.3) is 22.5 Å². The van der Waals surface area contributed by atoms with Gasteiger partial charge in [0.1, 0.15) is 17.1 Å². The van der Waals surface area contributed by atoms with Crippen LogP contribution in [0, 0.1) is 24.0 Å². The fraction of sp³-hybridized carbons (Fsp3) is 0.244. The first-order valence-electron chi connectivity index (χ1n) is 19.7. The zero-order chi connectivity index (χ0) is 43.0. The van der Waals surface area contributed by atoms with Gasteiger partial charge in [0.25, 0.3) is 5.69 Å². The van der Waals surface area contributed by atoms with Crippen molar-refractivity contribution in [1.82, 2.24) is 20.3 Å². The number of hydrogen-bond acceptors (Lipinski definition) is 12. The Morgan fingerprint density at radius 1 is 0.869 bits per heavy atom. The average molecular weight is 820 g/mol. The van der Waals surface area contributed by atoms with E-state index in [1.165, 1.54) is 13.2 Å². The van der Waals surface area contributed by atoms with Gasteiger partial charge in [-0.1, -0.05) is 53.7 Å². The summed E-state index contributed by atoms with van der Waals surface area (Å²) >= 11 is 0. The highest BCUT2D eigenvalue weighted by Crippen LogP contribution is 2.41. The van der Waals surface area contributed by atoms with Crippen LogP contribution < -0.4 is 19.9 Å². The monoisotopic (exact) mass is 819 g/mol. The molecule has 1 aromatic heterocycles. The Labute approximate surface area is 352 Å². The van der Waals surface area contributed by atoms with E-state index in [4.69, 9.17) is 4.74 Å². The lowest BCUT2D eigenvalue weighted by atomic mass is 9.95. The standard InChI is InChI=1S/C45H45N11O5/c1-29-16-21-36(40(25-29)56(59)60)48-49-37-27-41(61-5)38(26-30(37)2)50-47-32-17-19-33(20-18-32)53(3)24-10-15-42(57)46-23-22-43(58)55-28-31-11-6-7-12-34(31)45-44(51-52-54(45)4)35-13-8-9-14-39(35)55/h6-9,11-14,16-21,25-27H,10,15,22-24,28H2,1-5H3,(H,46,57). The third-order valence-corrected chi connectivity index (χ3v) is 10.4. The normalized spacial score (nSPS) is 12.0. The number of anilines is 2. The Hall–Kier alpha value is -7.62. The zero-order valence-electron chi connectivity index (χ0n) is 34.6. The molecule has 1 N–H and O–H groups in total. The minimum Gasteiger partial charge on any atom is -0.494 e. The molecular weight excluding hydrogens is 775 g/mol. The number of carbonyl (C=O) groups excluding carboxylic acids is 2. The van der Waals surface area contributed by atoms with E-state index >= 15 is 0 Å². The molecule has 7 rings (SSSR count). The van der Waals surface area contributed by atoms with Gasteiger partial charge in [0, 0.05) is 69.0 Å². The fourth-order valence-electron chi connectivity index (χ4n) is 7.12. The predicted octanol–water partition coefficient (Wildman–Crippen LogP) is 9.78. The Balaban J connectivity index is 0.897. The van der Waals surface area contributed by atoms with E-state index in [2.05, 4.69) is 41.0 Å². The van der Waals surface area contributed by atoms with E-state index in [0.29, 0.717) is 48.7 Å². The molecule has 6 aromatic rings. The van der Waals surface area contributed by atoms with Crippen LogP contribution in [0.4, 0.5) is 39.8 Å². The number of nitro benzene ring substituents is 1. The molecule has 0 aliphatic carbocycles. The van der Waals surface area contributed by atoms with Crippen molar-refractivity contribution in [3.8, 4) is 28.3 Å². The van der Waals surface area contributed by atoms with Crippen LogP contribution >= 0.6 is 0 Å². The smallest absolute Gasteiger partial charge is 0.296 e. The van der Waals surface area contributed by atoms with Crippen molar-refractivity contribution in [2.24, 2.45) is 27.5 Å². The number of fused-ring (bicyclic) bond motifs is 5. The number of amides is 2. The number of aromatic nitrogens is 3. The minimum absolute atomic E-state index is 0.0989. The number of benzene rings is 5. The first kappa shape index (κ1) is 41.5. The van der Waals surface area contributed by atoms with Crippen LogP contribution in [-0.2, 0) is 23.2 Å². The number of hydrogen-bond donors (Lipinski definition) is 1. The topological polar surface area (TPSA) is 185 Å². The van der Waals surface area contributed by atoms with Gasteiger partial charge in [-0.3, -0.25) is 19.7 Å². The number of para-hydroxylation sites is 1. The van der Waals surface area contributed by atoms with Crippen molar-refractivity contribution in [1.29, 1.82) is 0 Å². The zero-order valence-corrected chi connectivity index (χ0v) is 34.6. The molecule has 0 bridgehead atoms. The van der Waals surface area contributed by atoms with E-state index in [-0.39, 0.29) is 36.2 Å². The summed E-state index contributed by atoms with van der Waals surface area (Å²) in [5.41, 5.74) is 9.23. The van der Waals surface area contributed by atoms with Crippen LogP contribution in [0.15, 0.2) is 124 Å². The number of nitrogens with zero attached hydrogens (tertiary/aromatic N) is 10. The number of ether oxygens (including phenoxy) is 1.